The molecule has 0 fully saturated rings. The second-order valence-corrected chi connectivity index (χ2v) is 4.69. The lowest BCUT2D eigenvalue weighted by Crippen LogP contribution is -2.30. The number of rotatable bonds is 5. The summed E-state index contributed by atoms with van der Waals surface area (Å²) in [4.78, 5) is 4.16. The summed E-state index contributed by atoms with van der Waals surface area (Å²) in [7, 11) is 1.81. The Bertz CT molecular complexity index is 500. The van der Waals surface area contributed by atoms with Gasteiger partial charge in [0.05, 0.1) is 5.60 Å². The summed E-state index contributed by atoms with van der Waals surface area (Å²) >= 11 is 5.81. The number of hydrogen-bond acceptors (Lipinski definition) is 3. The molecule has 0 aliphatic heterocycles. The third-order valence-electron chi connectivity index (χ3n) is 3.07. The SMILES string of the molecule is Cn1ncnc1CC(O)(CCCl)c1ccccc1. The molecule has 2 aromatic rings. The Morgan fingerprint density at radius 2 is 2.06 bits per heavy atom. The molecule has 1 N–H and O–H groups in total. The molecule has 0 spiro atoms. The molecular formula is C13H16ClN3O. The van der Waals surface area contributed by atoms with Gasteiger partial charge in [0, 0.05) is 19.3 Å². The molecule has 2 rings (SSSR count). The Hall–Kier alpha value is -1.39. The van der Waals surface area contributed by atoms with E-state index in [4.69, 9.17) is 11.6 Å². The van der Waals surface area contributed by atoms with Crippen LogP contribution in [0.1, 0.15) is 17.8 Å². The van der Waals surface area contributed by atoms with Crippen LogP contribution >= 0.6 is 11.6 Å². The predicted molar refractivity (Wildman–Crippen MR) is 70.4 cm³/mol. The molecule has 0 amide bonds. The van der Waals surface area contributed by atoms with Gasteiger partial charge in [0.15, 0.2) is 0 Å². The van der Waals surface area contributed by atoms with E-state index in [-0.39, 0.29) is 0 Å². The largest absolute Gasteiger partial charge is 0.385 e. The number of aryl methyl sites for hydroxylation is 1. The van der Waals surface area contributed by atoms with Crippen LogP contribution < -0.4 is 0 Å². The number of alkyl halides is 1. The number of nitrogens with zero attached hydrogens (tertiary/aromatic N) is 3. The maximum absolute atomic E-state index is 10.8. The van der Waals surface area contributed by atoms with E-state index < -0.39 is 5.60 Å². The normalized spacial score (nSPS) is 14.4. The number of halogens is 1. The molecule has 1 aromatic heterocycles. The Morgan fingerprint density at radius 1 is 1.33 bits per heavy atom. The first-order valence-corrected chi connectivity index (χ1v) is 6.36. The molecule has 96 valence electrons. The van der Waals surface area contributed by atoms with Gasteiger partial charge in [-0.25, -0.2) is 4.98 Å². The monoisotopic (exact) mass is 265 g/mol. The van der Waals surface area contributed by atoms with Crippen molar-refractivity contribution in [2.24, 2.45) is 7.05 Å². The number of hydrogen-bond donors (Lipinski definition) is 1. The van der Waals surface area contributed by atoms with Crippen molar-refractivity contribution in [3.8, 4) is 0 Å². The van der Waals surface area contributed by atoms with E-state index in [0.717, 1.165) is 11.4 Å². The summed E-state index contributed by atoms with van der Waals surface area (Å²) < 4.78 is 1.67. The Kier molecular flexibility index (Phi) is 3.99. The fourth-order valence-electron chi connectivity index (χ4n) is 1.98. The summed E-state index contributed by atoms with van der Waals surface area (Å²) in [6.45, 7) is 0. The summed E-state index contributed by atoms with van der Waals surface area (Å²) in [5, 5.41) is 14.8. The molecule has 0 saturated heterocycles. The van der Waals surface area contributed by atoms with Gasteiger partial charge in [-0.2, -0.15) is 5.10 Å². The van der Waals surface area contributed by atoms with E-state index in [1.807, 2.05) is 37.4 Å². The van der Waals surface area contributed by atoms with Gasteiger partial charge in [-0.1, -0.05) is 30.3 Å². The molecule has 1 unspecified atom stereocenters. The molecule has 0 radical (unpaired) electrons. The highest BCUT2D eigenvalue weighted by Gasteiger charge is 2.30. The van der Waals surface area contributed by atoms with Crippen LogP contribution in [-0.2, 0) is 19.1 Å². The van der Waals surface area contributed by atoms with Crippen molar-refractivity contribution in [3.63, 3.8) is 0 Å². The van der Waals surface area contributed by atoms with Crippen LogP contribution in [0.5, 0.6) is 0 Å². The Balaban J connectivity index is 2.30. The molecule has 18 heavy (non-hydrogen) atoms. The smallest absolute Gasteiger partial charge is 0.138 e. The first-order chi connectivity index (χ1) is 8.65. The molecule has 1 heterocycles. The van der Waals surface area contributed by atoms with Crippen LogP contribution in [0.25, 0.3) is 0 Å². The second kappa shape index (κ2) is 5.50. The van der Waals surface area contributed by atoms with Gasteiger partial charge in [0.1, 0.15) is 12.2 Å². The summed E-state index contributed by atoms with van der Waals surface area (Å²) in [6, 6.07) is 9.55. The van der Waals surface area contributed by atoms with Crippen molar-refractivity contribution in [1.82, 2.24) is 14.8 Å². The zero-order valence-electron chi connectivity index (χ0n) is 10.3. The highest BCUT2D eigenvalue weighted by Crippen LogP contribution is 2.28. The lowest BCUT2D eigenvalue weighted by Gasteiger charge is -2.27. The van der Waals surface area contributed by atoms with Gasteiger partial charge in [0.25, 0.3) is 0 Å². The van der Waals surface area contributed by atoms with Gasteiger partial charge >= 0.3 is 0 Å². The lowest BCUT2D eigenvalue weighted by molar-refractivity contribution is 0.0308. The average Bonchev–Trinajstić information content (AvgIpc) is 2.76. The minimum absolute atomic E-state index is 0.392. The van der Waals surface area contributed by atoms with E-state index in [2.05, 4.69) is 10.1 Å². The summed E-state index contributed by atoms with van der Waals surface area (Å²) in [5.41, 5.74) is -0.141. The minimum Gasteiger partial charge on any atom is -0.385 e. The third-order valence-corrected chi connectivity index (χ3v) is 3.26. The second-order valence-electron chi connectivity index (χ2n) is 4.31. The first kappa shape index (κ1) is 13.1. The topological polar surface area (TPSA) is 50.9 Å². The molecular weight excluding hydrogens is 250 g/mol. The fourth-order valence-corrected chi connectivity index (χ4v) is 2.29. The van der Waals surface area contributed by atoms with Gasteiger partial charge in [-0.3, -0.25) is 4.68 Å². The van der Waals surface area contributed by atoms with Crippen LogP contribution in [0.4, 0.5) is 0 Å². The van der Waals surface area contributed by atoms with Gasteiger partial charge in [-0.05, 0) is 12.0 Å². The quantitative estimate of drug-likeness (QED) is 0.840. The van der Waals surface area contributed by atoms with Crippen molar-refractivity contribution in [2.45, 2.75) is 18.4 Å². The van der Waals surface area contributed by atoms with E-state index in [9.17, 15) is 5.11 Å². The van der Waals surface area contributed by atoms with E-state index in [1.54, 1.807) is 4.68 Å². The Labute approximate surface area is 111 Å². The summed E-state index contributed by atoms with van der Waals surface area (Å²) in [6.07, 6.45) is 2.37. The molecule has 0 bridgehead atoms. The average molecular weight is 266 g/mol. The van der Waals surface area contributed by atoms with Crippen LogP contribution in [-0.4, -0.2) is 25.8 Å². The molecule has 0 saturated carbocycles. The van der Waals surface area contributed by atoms with Crippen LogP contribution in [0.3, 0.4) is 0 Å². The molecule has 0 aliphatic carbocycles. The molecule has 5 heteroatoms. The van der Waals surface area contributed by atoms with E-state index >= 15 is 0 Å². The number of benzene rings is 1. The fraction of sp³-hybridized carbons (Fsp3) is 0.385. The standard InChI is InChI=1S/C13H16ClN3O/c1-17-12(15-10-16-17)9-13(18,7-8-14)11-5-3-2-4-6-11/h2-6,10,18H,7-9H2,1H3. The van der Waals surface area contributed by atoms with Gasteiger partial charge in [-0.15, -0.1) is 11.6 Å². The highest BCUT2D eigenvalue weighted by atomic mass is 35.5. The zero-order chi connectivity index (χ0) is 13.0. The minimum atomic E-state index is -0.996. The number of aliphatic hydroxyl groups is 1. The molecule has 1 aromatic carbocycles. The number of aromatic nitrogens is 3. The molecule has 1 atom stereocenters. The van der Waals surface area contributed by atoms with Crippen LogP contribution in [0.15, 0.2) is 36.7 Å². The van der Waals surface area contributed by atoms with Crippen molar-refractivity contribution in [3.05, 3.63) is 48.0 Å². The van der Waals surface area contributed by atoms with Gasteiger partial charge in [0.2, 0.25) is 0 Å². The maximum Gasteiger partial charge on any atom is 0.138 e. The van der Waals surface area contributed by atoms with E-state index in [0.29, 0.717) is 18.7 Å². The van der Waals surface area contributed by atoms with Crippen molar-refractivity contribution in [1.29, 1.82) is 0 Å². The first-order valence-electron chi connectivity index (χ1n) is 5.82. The highest BCUT2D eigenvalue weighted by molar-refractivity contribution is 6.17. The Morgan fingerprint density at radius 3 is 2.61 bits per heavy atom. The predicted octanol–water partition coefficient (Wildman–Crippen LogP) is 1.87. The summed E-state index contributed by atoms with van der Waals surface area (Å²) in [5.74, 6) is 1.13. The molecule has 4 nitrogen and oxygen atoms in total. The zero-order valence-corrected chi connectivity index (χ0v) is 11.0. The lowest BCUT2D eigenvalue weighted by atomic mass is 9.87. The van der Waals surface area contributed by atoms with Crippen molar-refractivity contribution < 1.29 is 5.11 Å². The van der Waals surface area contributed by atoms with Crippen molar-refractivity contribution >= 4 is 11.6 Å². The van der Waals surface area contributed by atoms with Crippen LogP contribution in [0.2, 0.25) is 0 Å². The molecule has 0 aliphatic rings. The van der Waals surface area contributed by atoms with Crippen LogP contribution in [0, 0.1) is 0 Å². The third kappa shape index (κ3) is 2.71. The van der Waals surface area contributed by atoms with Gasteiger partial charge < -0.3 is 5.11 Å². The van der Waals surface area contributed by atoms with Crippen molar-refractivity contribution in [2.75, 3.05) is 5.88 Å². The van der Waals surface area contributed by atoms with E-state index in [1.165, 1.54) is 6.33 Å². The maximum atomic E-state index is 10.8.